The molecule has 2 aromatic rings. The van der Waals surface area contributed by atoms with E-state index in [-0.39, 0.29) is 29.8 Å². The highest BCUT2D eigenvalue weighted by atomic mass is 127. The highest BCUT2D eigenvalue weighted by Gasteiger charge is 2.11. The number of hydrogen-bond donors (Lipinski definition) is 3. The molecule has 0 saturated carbocycles. The van der Waals surface area contributed by atoms with Crippen LogP contribution in [0.25, 0.3) is 0 Å². The molecule has 0 spiro atoms. The molecule has 0 aliphatic carbocycles. The van der Waals surface area contributed by atoms with Crippen molar-refractivity contribution in [2.75, 3.05) is 32.1 Å². The summed E-state index contributed by atoms with van der Waals surface area (Å²) in [5.41, 5.74) is 1.32. The molecule has 1 unspecified atom stereocenters. The van der Waals surface area contributed by atoms with Crippen molar-refractivity contribution >= 4 is 58.6 Å². The minimum atomic E-state index is -0.673. The van der Waals surface area contributed by atoms with Gasteiger partial charge in [0.2, 0.25) is 0 Å². The third kappa shape index (κ3) is 7.44. The lowest BCUT2D eigenvalue weighted by atomic mass is 10.2. The van der Waals surface area contributed by atoms with Gasteiger partial charge in [0.15, 0.2) is 5.96 Å². The minimum absolute atomic E-state index is 0. The van der Waals surface area contributed by atoms with Crippen LogP contribution < -0.4 is 15.5 Å². The summed E-state index contributed by atoms with van der Waals surface area (Å²) in [6.07, 6.45) is -0.673. The van der Waals surface area contributed by atoms with Crippen molar-refractivity contribution in [3.8, 4) is 0 Å². The number of rotatable bonds is 7. The third-order valence-electron chi connectivity index (χ3n) is 3.64. The molecular weight excluding hydrogens is 502 g/mol. The number of anilines is 1. The molecule has 1 atom stereocenters. The summed E-state index contributed by atoms with van der Waals surface area (Å²) in [6, 6.07) is 8.65. The van der Waals surface area contributed by atoms with Crippen LogP contribution in [-0.4, -0.2) is 38.3 Å². The quantitative estimate of drug-likeness (QED) is 0.290. The molecule has 1 aromatic carbocycles. The van der Waals surface area contributed by atoms with Gasteiger partial charge in [0.1, 0.15) is 11.9 Å². The second kappa shape index (κ2) is 11.7. The Morgan fingerprint density at radius 1 is 1.30 bits per heavy atom. The normalized spacial score (nSPS) is 12.3. The van der Waals surface area contributed by atoms with E-state index >= 15 is 0 Å². The van der Waals surface area contributed by atoms with Crippen LogP contribution in [0, 0.1) is 5.82 Å². The van der Waals surface area contributed by atoms with Gasteiger partial charge in [-0.2, -0.15) is 0 Å². The average Bonchev–Trinajstić information content (AvgIpc) is 3.03. The van der Waals surface area contributed by atoms with E-state index < -0.39 is 6.10 Å². The molecule has 27 heavy (non-hydrogen) atoms. The predicted octanol–water partition coefficient (Wildman–Crippen LogP) is 4.01. The van der Waals surface area contributed by atoms with Crippen LogP contribution in [0.1, 0.15) is 23.5 Å². The Morgan fingerprint density at radius 2 is 2.04 bits per heavy atom. The maximum absolute atomic E-state index is 14.1. The number of aliphatic imine (C=N–C) groups is 1. The van der Waals surface area contributed by atoms with Gasteiger partial charge in [0, 0.05) is 32.1 Å². The SMILES string of the molecule is CCNC(=NCc1ccc(N(C)C)c(F)c1)NCC(O)c1ccc(Cl)s1.I. The highest BCUT2D eigenvalue weighted by molar-refractivity contribution is 14.0. The molecule has 9 heteroatoms. The van der Waals surface area contributed by atoms with E-state index in [0.29, 0.717) is 35.6 Å². The van der Waals surface area contributed by atoms with E-state index in [1.807, 2.05) is 13.0 Å². The Labute approximate surface area is 185 Å². The van der Waals surface area contributed by atoms with Crippen molar-refractivity contribution in [1.82, 2.24) is 10.6 Å². The third-order valence-corrected chi connectivity index (χ3v) is 4.98. The summed E-state index contributed by atoms with van der Waals surface area (Å²) in [7, 11) is 3.60. The first-order valence-corrected chi connectivity index (χ1v) is 9.51. The molecule has 1 aromatic heterocycles. The van der Waals surface area contributed by atoms with Gasteiger partial charge >= 0.3 is 0 Å². The van der Waals surface area contributed by atoms with E-state index in [2.05, 4.69) is 15.6 Å². The van der Waals surface area contributed by atoms with Crippen molar-refractivity contribution in [2.45, 2.75) is 19.6 Å². The zero-order chi connectivity index (χ0) is 19.1. The first-order valence-electron chi connectivity index (χ1n) is 8.32. The molecule has 3 N–H and O–H groups in total. The summed E-state index contributed by atoms with van der Waals surface area (Å²) in [5, 5.41) is 16.4. The number of hydrogen-bond acceptors (Lipinski definition) is 4. The topological polar surface area (TPSA) is 59.9 Å². The monoisotopic (exact) mass is 526 g/mol. The Bertz CT molecular complexity index is 757. The smallest absolute Gasteiger partial charge is 0.191 e. The summed E-state index contributed by atoms with van der Waals surface area (Å²) in [6.45, 7) is 3.27. The molecule has 0 aliphatic heterocycles. The van der Waals surface area contributed by atoms with Crippen molar-refractivity contribution in [2.24, 2.45) is 4.99 Å². The molecule has 150 valence electrons. The molecular formula is C18H25ClFIN4OS. The molecule has 0 saturated heterocycles. The minimum Gasteiger partial charge on any atom is -0.386 e. The van der Waals surface area contributed by atoms with Gasteiger partial charge in [-0.25, -0.2) is 9.38 Å². The fourth-order valence-corrected chi connectivity index (χ4v) is 3.37. The standard InChI is InChI=1S/C18H24ClFN4OS.HI/c1-4-21-18(23-11-15(25)16-7-8-17(19)26-16)22-10-12-5-6-14(24(2)3)13(20)9-12;/h5-9,15,25H,4,10-11H2,1-3H3,(H2,21,22,23);1H. The van der Waals surface area contributed by atoms with Crippen LogP contribution in [0.15, 0.2) is 35.3 Å². The van der Waals surface area contributed by atoms with Crippen LogP contribution >= 0.6 is 46.9 Å². The van der Waals surface area contributed by atoms with Gasteiger partial charge < -0.3 is 20.6 Å². The number of guanidine groups is 1. The van der Waals surface area contributed by atoms with Gasteiger partial charge in [0.25, 0.3) is 0 Å². The lowest BCUT2D eigenvalue weighted by Crippen LogP contribution is -2.39. The van der Waals surface area contributed by atoms with Crippen LogP contribution in [0.4, 0.5) is 10.1 Å². The molecule has 0 fully saturated rings. The van der Waals surface area contributed by atoms with E-state index in [0.717, 1.165) is 10.4 Å². The van der Waals surface area contributed by atoms with E-state index in [9.17, 15) is 9.50 Å². The molecule has 0 bridgehead atoms. The van der Waals surface area contributed by atoms with Crippen molar-refractivity contribution in [1.29, 1.82) is 0 Å². The first kappa shape index (κ1) is 23.9. The van der Waals surface area contributed by atoms with Crippen LogP contribution in [0.5, 0.6) is 0 Å². The van der Waals surface area contributed by atoms with E-state index in [1.165, 1.54) is 17.4 Å². The summed E-state index contributed by atoms with van der Waals surface area (Å²) < 4.78 is 14.7. The summed E-state index contributed by atoms with van der Waals surface area (Å²) >= 11 is 7.24. The molecule has 0 aliphatic rings. The van der Waals surface area contributed by atoms with Gasteiger partial charge in [-0.1, -0.05) is 17.7 Å². The maximum atomic E-state index is 14.1. The zero-order valence-electron chi connectivity index (χ0n) is 15.5. The van der Waals surface area contributed by atoms with Gasteiger partial charge in [0.05, 0.1) is 16.6 Å². The van der Waals surface area contributed by atoms with Crippen LogP contribution in [0.3, 0.4) is 0 Å². The second-order valence-electron chi connectivity index (χ2n) is 5.91. The number of halogens is 3. The van der Waals surface area contributed by atoms with E-state index in [1.54, 1.807) is 37.2 Å². The Hall–Kier alpha value is -1.10. The number of aliphatic hydroxyl groups is 1. The van der Waals surface area contributed by atoms with Gasteiger partial charge in [-0.15, -0.1) is 35.3 Å². The van der Waals surface area contributed by atoms with Gasteiger partial charge in [-0.05, 0) is 36.8 Å². The number of thiophene rings is 1. The predicted molar refractivity (Wildman–Crippen MR) is 123 cm³/mol. The Kier molecular flexibility index (Phi) is 10.4. The number of nitrogens with one attached hydrogen (secondary N) is 2. The second-order valence-corrected chi connectivity index (χ2v) is 7.66. The molecule has 5 nitrogen and oxygen atoms in total. The molecule has 1 heterocycles. The number of aliphatic hydroxyl groups excluding tert-OH is 1. The number of nitrogens with zero attached hydrogens (tertiary/aromatic N) is 2. The Balaban J connectivity index is 0.00000364. The van der Waals surface area contributed by atoms with Crippen molar-refractivity contribution < 1.29 is 9.50 Å². The van der Waals surface area contributed by atoms with Gasteiger partial charge in [-0.3, -0.25) is 0 Å². The van der Waals surface area contributed by atoms with E-state index in [4.69, 9.17) is 11.6 Å². The van der Waals surface area contributed by atoms with Crippen LogP contribution in [0.2, 0.25) is 4.34 Å². The molecule has 0 radical (unpaired) electrons. The van der Waals surface area contributed by atoms with Crippen LogP contribution in [-0.2, 0) is 6.54 Å². The zero-order valence-corrected chi connectivity index (χ0v) is 19.4. The maximum Gasteiger partial charge on any atom is 0.191 e. The van der Waals surface area contributed by atoms with Crippen molar-refractivity contribution in [3.05, 3.63) is 50.9 Å². The molecule has 0 amide bonds. The Morgan fingerprint density at radius 3 is 2.59 bits per heavy atom. The largest absolute Gasteiger partial charge is 0.386 e. The summed E-state index contributed by atoms with van der Waals surface area (Å²) in [5.74, 6) is 0.289. The number of benzene rings is 1. The fourth-order valence-electron chi connectivity index (χ4n) is 2.32. The first-order chi connectivity index (χ1) is 12.4. The fraction of sp³-hybridized carbons (Fsp3) is 0.389. The molecule has 2 rings (SSSR count). The average molecular weight is 527 g/mol. The summed E-state index contributed by atoms with van der Waals surface area (Å²) in [4.78, 5) is 6.97. The van der Waals surface area contributed by atoms with Crippen molar-refractivity contribution in [3.63, 3.8) is 0 Å². The highest BCUT2D eigenvalue weighted by Crippen LogP contribution is 2.26. The lowest BCUT2D eigenvalue weighted by Gasteiger charge is -2.15. The lowest BCUT2D eigenvalue weighted by molar-refractivity contribution is 0.184.